The second-order valence-corrected chi connectivity index (χ2v) is 5.48. The normalized spacial score (nSPS) is 12.1. The number of carbonyl (C=O) groups excluding carboxylic acids is 1. The molecule has 1 atom stereocenters. The van der Waals surface area contributed by atoms with Crippen molar-refractivity contribution < 1.29 is 9.90 Å². The van der Waals surface area contributed by atoms with Gasteiger partial charge in [0.2, 0.25) is 0 Å². The molecule has 0 radical (unpaired) electrons. The molecule has 3 aromatic rings. The highest BCUT2D eigenvalue weighted by molar-refractivity contribution is 5.98. The van der Waals surface area contributed by atoms with Gasteiger partial charge in [-0.05, 0) is 36.8 Å². The van der Waals surface area contributed by atoms with Crippen LogP contribution in [0.4, 0.5) is 0 Å². The number of rotatable bonds is 4. The van der Waals surface area contributed by atoms with Gasteiger partial charge >= 0.3 is 0 Å². The number of pyridine rings is 1. The summed E-state index contributed by atoms with van der Waals surface area (Å²) in [4.78, 5) is 16.9. The number of hydrogen-bond donors (Lipinski definition) is 2. The largest absolute Gasteiger partial charge is 0.394 e. The molecule has 1 aromatic heterocycles. The van der Waals surface area contributed by atoms with E-state index in [4.69, 9.17) is 0 Å². The number of aryl methyl sites for hydroxylation is 1. The number of aliphatic hydroxyl groups is 1. The number of fused-ring (bicyclic) bond motifs is 1. The second kappa shape index (κ2) is 6.58. The van der Waals surface area contributed by atoms with Crippen molar-refractivity contribution in [3.05, 3.63) is 77.5 Å². The van der Waals surface area contributed by atoms with Gasteiger partial charge in [-0.2, -0.15) is 0 Å². The molecule has 0 unspecified atom stereocenters. The molecule has 0 saturated heterocycles. The molecule has 116 valence electrons. The zero-order valence-corrected chi connectivity index (χ0v) is 12.9. The number of amides is 1. The van der Waals surface area contributed by atoms with E-state index < -0.39 is 6.04 Å². The number of nitrogens with one attached hydrogen (secondary N) is 1. The number of hydrogen-bond acceptors (Lipinski definition) is 3. The van der Waals surface area contributed by atoms with E-state index in [1.807, 2.05) is 61.5 Å². The molecule has 1 amide bonds. The topological polar surface area (TPSA) is 62.2 Å². The van der Waals surface area contributed by atoms with Crippen molar-refractivity contribution in [2.45, 2.75) is 13.0 Å². The summed E-state index contributed by atoms with van der Waals surface area (Å²) >= 11 is 0. The van der Waals surface area contributed by atoms with Crippen molar-refractivity contribution in [1.29, 1.82) is 0 Å². The van der Waals surface area contributed by atoms with Gasteiger partial charge in [-0.15, -0.1) is 0 Å². The molecule has 4 heteroatoms. The van der Waals surface area contributed by atoms with Crippen LogP contribution in [0.5, 0.6) is 0 Å². The quantitative estimate of drug-likeness (QED) is 0.779. The fraction of sp³-hybridized carbons (Fsp3) is 0.158. The maximum Gasteiger partial charge on any atom is 0.251 e. The van der Waals surface area contributed by atoms with E-state index >= 15 is 0 Å². The van der Waals surface area contributed by atoms with Crippen LogP contribution in [0.15, 0.2) is 60.7 Å². The lowest BCUT2D eigenvalue weighted by molar-refractivity contribution is 0.0916. The van der Waals surface area contributed by atoms with Crippen molar-refractivity contribution in [2.24, 2.45) is 0 Å². The Bertz CT molecular complexity index is 831. The third-order valence-corrected chi connectivity index (χ3v) is 3.78. The van der Waals surface area contributed by atoms with Crippen molar-refractivity contribution in [3.63, 3.8) is 0 Å². The Balaban J connectivity index is 1.83. The Kier molecular flexibility index (Phi) is 4.35. The Morgan fingerprint density at radius 1 is 1.13 bits per heavy atom. The van der Waals surface area contributed by atoms with Crippen molar-refractivity contribution in [2.75, 3.05) is 6.61 Å². The first-order valence-corrected chi connectivity index (χ1v) is 7.51. The minimum Gasteiger partial charge on any atom is -0.394 e. The van der Waals surface area contributed by atoms with Crippen LogP contribution < -0.4 is 5.32 Å². The Morgan fingerprint density at radius 3 is 2.65 bits per heavy atom. The lowest BCUT2D eigenvalue weighted by Crippen LogP contribution is -2.30. The monoisotopic (exact) mass is 306 g/mol. The fourth-order valence-electron chi connectivity index (χ4n) is 2.53. The van der Waals surface area contributed by atoms with E-state index in [-0.39, 0.29) is 12.5 Å². The number of nitrogens with zero attached hydrogens (tertiary/aromatic N) is 1. The molecular formula is C19H18N2O2. The zero-order valence-electron chi connectivity index (χ0n) is 12.9. The molecule has 0 spiro atoms. The van der Waals surface area contributed by atoms with Gasteiger partial charge in [0, 0.05) is 16.6 Å². The summed E-state index contributed by atoms with van der Waals surface area (Å²) in [6.45, 7) is 1.79. The minimum atomic E-state index is -0.421. The summed E-state index contributed by atoms with van der Waals surface area (Å²) in [5.74, 6) is -0.213. The summed E-state index contributed by atoms with van der Waals surface area (Å²) in [6.07, 6.45) is 0. The molecule has 0 fully saturated rings. The fourth-order valence-corrected chi connectivity index (χ4v) is 2.53. The predicted octanol–water partition coefficient (Wildman–Crippen LogP) is 3.01. The van der Waals surface area contributed by atoms with E-state index in [1.54, 1.807) is 6.07 Å². The predicted molar refractivity (Wildman–Crippen MR) is 90.2 cm³/mol. The van der Waals surface area contributed by atoms with Crippen LogP contribution in [-0.2, 0) is 0 Å². The third kappa shape index (κ3) is 3.38. The highest BCUT2D eigenvalue weighted by atomic mass is 16.3. The van der Waals surface area contributed by atoms with Crippen LogP contribution in [0.25, 0.3) is 10.9 Å². The maximum atomic E-state index is 12.5. The standard InChI is InChI=1S/C19H18N2O2/c1-13-7-8-15-11-16(9-10-17(15)20-13)19(23)21-18(12-22)14-5-3-2-4-6-14/h2-11,18,22H,12H2,1H3,(H,21,23)/t18-/m1/s1. The molecular weight excluding hydrogens is 288 g/mol. The highest BCUT2D eigenvalue weighted by Crippen LogP contribution is 2.17. The Hall–Kier alpha value is -2.72. The summed E-state index contributed by atoms with van der Waals surface area (Å²) in [5, 5.41) is 13.3. The van der Waals surface area contributed by atoms with Crippen molar-refractivity contribution in [3.8, 4) is 0 Å². The van der Waals surface area contributed by atoms with Crippen LogP contribution >= 0.6 is 0 Å². The van der Waals surface area contributed by atoms with Crippen molar-refractivity contribution >= 4 is 16.8 Å². The summed E-state index contributed by atoms with van der Waals surface area (Å²) in [6, 6.07) is 18.3. The lowest BCUT2D eigenvalue weighted by Gasteiger charge is -2.17. The zero-order chi connectivity index (χ0) is 16.2. The van der Waals surface area contributed by atoms with Gasteiger partial charge in [-0.3, -0.25) is 9.78 Å². The molecule has 0 saturated carbocycles. The number of benzene rings is 2. The first-order valence-electron chi connectivity index (χ1n) is 7.51. The first-order chi connectivity index (χ1) is 11.2. The molecule has 3 rings (SSSR count). The van der Waals surface area contributed by atoms with Gasteiger partial charge in [-0.1, -0.05) is 36.4 Å². The smallest absolute Gasteiger partial charge is 0.251 e. The molecule has 0 aliphatic heterocycles. The van der Waals surface area contributed by atoms with Gasteiger partial charge in [0.05, 0.1) is 18.2 Å². The maximum absolute atomic E-state index is 12.5. The molecule has 0 aliphatic carbocycles. The van der Waals surface area contributed by atoms with Crippen LogP contribution in [0.2, 0.25) is 0 Å². The molecule has 0 aliphatic rings. The van der Waals surface area contributed by atoms with Gasteiger partial charge in [0.15, 0.2) is 0 Å². The summed E-state index contributed by atoms with van der Waals surface area (Å²) < 4.78 is 0. The number of carbonyl (C=O) groups is 1. The summed E-state index contributed by atoms with van der Waals surface area (Å²) in [7, 11) is 0. The van der Waals surface area contributed by atoms with Gasteiger partial charge in [-0.25, -0.2) is 0 Å². The van der Waals surface area contributed by atoms with Gasteiger partial charge in [0.25, 0.3) is 5.91 Å². The Morgan fingerprint density at radius 2 is 1.91 bits per heavy atom. The number of aliphatic hydroxyl groups excluding tert-OH is 1. The van der Waals surface area contributed by atoms with Gasteiger partial charge < -0.3 is 10.4 Å². The number of aromatic nitrogens is 1. The van der Waals surface area contributed by atoms with Crippen LogP contribution in [0.3, 0.4) is 0 Å². The molecule has 23 heavy (non-hydrogen) atoms. The van der Waals surface area contributed by atoms with E-state index in [1.165, 1.54) is 0 Å². The van der Waals surface area contributed by atoms with Gasteiger partial charge in [0.1, 0.15) is 0 Å². The second-order valence-electron chi connectivity index (χ2n) is 5.48. The molecule has 0 bridgehead atoms. The highest BCUT2D eigenvalue weighted by Gasteiger charge is 2.15. The molecule has 2 N–H and O–H groups in total. The molecule has 1 heterocycles. The van der Waals surface area contributed by atoms with Crippen LogP contribution in [0.1, 0.15) is 27.7 Å². The van der Waals surface area contributed by atoms with E-state index in [9.17, 15) is 9.90 Å². The molecule has 2 aromatic carbocycles. The lowest BCUT2D eigenvalue weighted by atomic mass is 10.1. The van der Waals surface area contributed by atoms with E-state index in [2.05, 4.69) is 10.3 Å². The summed E-state index contributed by atoms with van der Waals surface area (Å²) in [5.41, 5.74) is 3.24. The third-order valence-electron chi connectivity index (χ3n) is 3.78. The average molecular weight is 306 g/mol. The van der Waals surface area contributed by atoms with E-state index in [0.717, 1.165) is 22.2 Å². The Labute approximate surface area is 134 Å². The minimum absolute atomic E-state index is 0.149. The van der Waals surface area contributed by atoms with Crippen molar-refractivity contribution in [1.82, 2.24) is 10.3 Å². The molecule has 4 nitrogen and oxygen atoms in total. The SMILES string of the molecule is Cc1ccc2cc(C(=O)N[C@H](CO)c3ccccc3)ccc2n1. The first kappa shape index (κ1) is 15.2. The van der Waals surface area contributed by atoms with Crippen LogP contribution in [-0.4, -0.2) is 22.6 Å². The van der Waals surface area contributed by atoms with E-state index in [0.29, 0.717) is 5.56 Å². The van der Waals surface area contributed by atoms with Crippen LogP contribution in [0, 0.1) is 6.92 Å². The average Bonchev–Trinajstić information content (AvgIpc) is 2.59.